The maximum Gasteiger partial charge on any atom is 0.0719 e. The van der Waals surface area contributed by atoms with Crippen molar-refractivity contribution in [1.82, 2.24) is 0 Å². The number of nitrogens with zero attached hydrogens (tertiary/aromatic N) is 1. The summed E-state index contributed by atoms with van der Waals surface area (Å²) < 4.78 is 2.65. The summed E-state index contributed by atoms with van der Waals surface area (Å²) in [7, 11) is 0. The van der Waals surface area contributed by atoms with Gasteiger partial charge in [0, 0.05) is 32.4 Å². The second kappa shape index (κ2) is 16.3. The van der Waals surface area contributed by atoms with Crippen molar-refractivity contribution >= 4 is 42.9 Å². The Morgan fingerprint density at radius 2 is 1.06 bits per heavy atom. The lowest BCUT2D eigenvalue weighted by Crippen LogP contribution is -2.29. The van der Waals surface area contributed by atoms with Gasteiger partial charge in [0.1, 0.15) is 0 Å². The highest BCUT2D eigenvalue weighted by molar-refractivity contribution is 7.26. The van der Waals surface area contributed by atoms with E-state index in [1.165, 1.54) is 130 Å². The van der Waals surface area contributed by atoms with Gasteiger partial charge in [0.2, 0.25) is 0 Å². The van der Waals surface area contributed by atoms with Crippen LogP contribution in [0.25, 0.3) is 53.6 Å². The van der Waals surface area contributed by atoms with Crippen molar-refractivity contribution in [2.75, 3.05) is 4.90 Å². The van der Waals surface area contributed by atoms with E-state index in [-0.39, 0.29) is 0 Å². The van der Waals surface area contributed by atoms with Gasteiger partial charge in [-0.1, -0.05) is 207 Å². The molecule has 2 aliphatic rings. The minimum absolute atomic E-state index is 0.487. The van der Waals surface area contributed by atoms with Crippen LogP contribution in [-0.2, 0) is 12.0 Å². The van der Waals surface area contributed by atoms with E-state index in [0.717, 1.165) is 6.54 Å². The lowest BCUT2D eigenvalue weighted by Gasteiger charge is -2.35. The van der Waals surface area contributed by atoms with Crippen molar-refractivity contribution in [3.8, 4) is 33.4 Å². The van der Waals surface area contributed by atoms with E-state index < -0.39 is 5.41 Å². The van der Waals surface area contributed by atoms with E-state index >= 15 is 0 Å². The van der Waals surface area contributed by atoms with Crippen molar-refractivity contribution in [3.63, 3.8) is 0 Å². The molecule has 0 radical (unpaired) electrons. The van der Waals surface area contributed by atoms with Crippen LogP contribution >= 0.6 is 11.3 Å². The molecular formula is C62H49NS. The van der Waals surface area contributed by atoms with E-state index in [9.17, 15) is 0 Å². The molecule has 0 bridgehead atoms. The first kappa shape index (κ1) is 38.7. The van der Waals surface area contributed by atoms with Gasteiger partial charge in [-0.15, -0.1) is 11.3 Å². The fourth-order valence-corrected chi connectivity index (χ4v) is 12.6. The van der Waals surface area contributed by atoms with Crippen LogP contribution in [0.15, 0.2) is 218 Å². The molecule has 1 aromatic heterocycles. The van der Waals surface area contributed by atoms with Gasteiger partial charge < -0.3 is 4.90 Å². The van der Waals surface area contributed by atoms with Gasteiger partial charge in [0.15, 0.2) is 0 Å². The highest BCUT2D eigenvalue weighted by Gasteiger charge is 2.47. The molecule has 12 rings (SSSR count). The predicted molar refractivity (Wildman–Crippen MR) is 272 cm³/mol. The second-order valence-electron chi connectivity index (χ2n) is 17.8. The summed E-state index contributed by atoms with van der Waals surface area (Å²) in [5, 5.41) is 2.63. The number of anilines is 2. The SMILES string of the molecule is c1ccc(-c2ccc(N(Cc3cccc(-c4ccccc4C4(c5ccccc5)c5ccccc5-c5ccccc54)c3)c3ccc(C4CCCCC4)cc3)c3c2sc2ccccc23)cc1. The van der Waals surface area contributed by atoms with E-state index in [2.05, 4.69) is 223 Å². The third-order valence-corrected chi connectivity index (χ3v) is 15.4. The second-order valence-corrected chi connectivity index (χ2v) is 18.8. The Morgan fingerprint density at radius 3 is 1.78 bits per heavy atom. The molecule has 0 N–H and O–H groups in total. The van der Waals surface area contributed by atoms with Crippen molar-refractivity contribution in [3.05, 3.63) is 252 Å². The molecule has 1 nitrogen and oxygen atoms in total. The van der Waals surface area contributed by atoms with Gasteiger partial charge in [0.05, 0.1) is 11.1 Å². The first-order chi connectivity index (χ1) is 31.8. The lowest BCUT2D eigenvalue weighted by molar-refractivity contribution is 0.443. The molecule has 10 aromatic rings. The Morgan fingerprint density at radius 1 is 0.469 bits per heavy atom. The number of thiophene rings is 1. The summed E-state index contributed by atoms with van der Waals surface area (Å²) in [4.78, 5) is 2.58. The van der Waals surface area contributed by atoms with Crippen LogP contribution in [0.2, 0.25) is 0 Å². The zero-order chi connectivity index (χ0) is 42.5. The fourth-order valence-electron chi connectivity index (χ4n) is 11.3. The molecule has 64 heavy (non-hydrogen) atoms. The maximum atomic E-state index is 2.58. The van der Waals surface area contributed by atoms with E-state index in [1.807, 2.05) is 11.3 Å². The van der Waals surface area contributed by atoms with Crippen LogP contribution in [0.5, 0.6) is 0 Å². The highest BCUT2D eigenvalue weighted by Crippen LogP contribution is 2.57. The molecule has 1 fully saturated rings. The predicted octanol–water partition coefficient (Wildman–Crippen LogP) is 17.1. The van der Waals surface area contributed by atoms with Crippen LogP contribution in [0.1, 0.15) is 71.4 Å². The molecule has 0 unspecified atom stereocenters. The van der Waals surface area contributed by atoms with Gasteiger partial charge in [-0.3, -0.25) is 0 Å². The summed E-state index contributed by atoms with van der Waals surface area (Å²) in [5.74, 6) is 0.656. The average molecular weight is 840 g/mol. The average Bonchev–Trinajstić information content (AvgIpc) is 3.91. The van der Waals surface area contributed by atoms with Crippen LogP contribution < -0.4 is 4.90 Å². The number of hydrogen-bond acceptors (Lipinski definition) is 2. The molecule has 0 amide bonds. The molecule has 2 heteroatoms. The molecule has 0 spiro atoms. The third-order valence-electron chi connectivity index (χ3n) is 14.2. The Bertz CT molecular complexity index is 3240. The molecule has 1 saturated carbocycles. The van der Waals surface area contributed by atoms with Crippen LogP contribution in [0.4, 0.5) is 11.4 Å². The van der Waals surface area contributed by atoms with Crippen LogP contribution in [0.3, 0.4) is 0 Å². The molecule has 9 aromatic carbocycles. The molecule has 0 atom stereocenters. The van der Waals surface area contributed by atoms with Crippen molar-refractivity contribution in [1.29, 1.82) is 0 Å². The number of rotatable bonds is 9. The van der Waals surface area contributed by atoms with Crippen LogP contribution in [-0.4, -0.2) is 0 Å². The topological polar surface area (TPSA) is 3.24 Å². The molecular weight excluding hydrogens is 791 g/mol. The fraction of sp³-hybridized carbons (Fsp3) is 0.129. The van der Waals surface area contributed by atoms with Crippen molar-refractivity contribution < 1.29 is 0 Å². The lowest BCUT2D eigenvalue weighted by atomic mass is 9.66. The Kier molecular flexibility index (Phi) is 9.83. The van der Waals surface area contributed by atoms with Gasteiger partial charge in [-0.05, 0) is 116 Å². The summed E-state index contributed by atoms with van der Waals surface area (Å²) in [6.07, 6.45) is 6.62. The Hall–Kier alpha value is -7.00. The standard InChI is InChI=1S/C62H49NS/c1-4-20-44(21-5-1)45-35-37-49(38-36-45)63(58-40-39-51(46-22-6-2-7-23-46)61-60(58)54-30-13-17-34-59(54)64-61)42-43-19-18-24-47(41-43)50-27-10-14-31-55(50)62(48-25-8-3-9-26-48)56-32-15-11-28-52(56)53-29-12-16-33-57(53)62/h2-3,6-19,22-41,44H,1,4-5,20-21,42H2. The summed E-state index contributed by atoms with van der Waals surface area (Å²) in [5.41, 5.74) is 17.6. The van der Waals surface area contributed by atoms with E-state index in [1.54, 1.807) is 0 Å². The van der Waals surface area contributed by atoms with Gasteiger partial charge in [-0.2, -0.15) is 0 Å². The summed E-state index contributed by atoms with van der Waals surface area (Å²) >= 11 is 1.91. The third kappa shape index (κ3) is 6.42. The number of benzene rings is 9. The molecule has 1 heterocycles. The largest absolute Gasteiger partial charge is 0.336 e. The zero-order valence-corrected chi connectivity index (χ0v) is 36.8. The Labute approximate surface area is 381 Å². The van der Waals surface area contributed by atoms with Gasteiger partial charge in [-0.25, -0.2) is 0 Å². The monoisotopic (exact) mass is 839 g/mol. The first-order valence-corrected chi connectivity index (χ1v) is 23.9. The quantitative estimate of drug-likeness (QED) is 0.140. The van der Waals surface area contributed by atoms with Crippen LogP contribution in [0, 0.1) is 0 Å². The summed E-state index contributed by atoms with van der Waals surface area (Å²) in [6, 6.07) is 82.0. The van der Waals surface area contributed by atoms with Crippen molar-refractivity contribution in [2.24, 2.45) is 0 Å². The number of hydrogen-bond donors (Lipinski definition) is 0. The molecule has 0 aliphatic heterocycles. The van der Waals surface area contributed by atoms with Gasteiger partial charge in [0.25, 0.3) is 0 Å². The summed E-state index contributed by atoms with van der Waals surface area (Å²) in [6.45, 7) is 0.720. The minimum atomic E-state index is -0.487. The number of fused-ring (bicyclic) bond motifs is 6. The van der Waals surface area contributed by atoms with Crippen molar-refractivity contribution in [2.45, 2.75) is 50.0 Å². The minimum Gasteiger partial charge on any atom is -0.336 e. The first-order valence-electron chi connectivity index (χ1n) is 23.1. The van der Waals surface area contributed by atoms with E-state index in [4.69, 9.17) is 0 Å². The molecule has 0 saturated heterocycles. The smallest absolute Gasteiger partial charge is 0.0719 e. The van der Waals surface area contributed by atoms with E-state index in [0.29, 0.717) is 5.92 Å². The zero-order valence-electron chi connectivity index (χ0n) is 36.0. The highest BCUT2D eigenvalue weighted by atomic mass is 32.1. The molecule has 2 aliphatic carbocycles. The molecule has 308 valence electrons. The normalized spacial score (nSPS) is 14.4. The Balaban J connectivity index is 1.02. The maximum absolute atomic E-state index is 2.58. The van der Waals surface area contributed by atoms with Gasteiger partial charge >= 0.3 is 0 Å².